The van der Waals surface area contributed by atoms with Crippen LogP contribution in [0, 0.1) is 25.2 Å². The van der Waals surface area contributed by atoms with Crippen molar-refractivity contribution >= 4 is 11.7 Å². The van der Waals surface area contributed by atoms with Crippen LogP contribution >= 0.6 is 0 Å². The Morgan fingerprint density at radius 3 is 2.56 bits per heavy atom. The van der Waals surface area contributed by atoms with Crippen LogP contribution < -0.4 is 10.6 Å². The summed E-state index contributed by atoms with van der Waals surface area (Å²) in [7, 11) is 0. The molecule has 0 unspecified atom stereocenters. The highest BCUT2D eigenvalue weighted by molar-refractivity contribution is 5.77. The molecular weight excluding hydrogens is 226 g/mol. The van der Waals surface area contributed by atoms with Gasteiger partial charge < -0.3 is 10.6 Å². The molecule has 0 aliphatic rings. The van der Waals surface area contributed by atoms with Crippen molar-refractivity contribution in [2.45, 2.75) is 34.1 Å². The molecule has 5 heteroatoms. The molecule has 0 saturated heterocycles. The number of nitrogens with zero attached hydrogens (tertiary/aromatic N) is 3. The second-order valence-corrected chi connectivity index (χ2v) is 5.03. The Hall–Kier alpha value is -1.65. The van der Waals surface area contributed by atoms with E-state index >= 15 is 0 Å². The molecule has 0 amide bonds. The second-order valence-electron chi connectivity index (χ2n) is 5.03. The summed E-state index contributed by atoms with van der Waals surface area (Å²) in [6.45, 7) is 9.83. The zero-order chi connectivity index (χ0) is 13.7. The van der Waals surface area contributed by atoms with Crippen LogP contribution in [0.3, 0.4) is 0 Å². The van der Waals surface area contributed by atoms with E-state index in [1.165, 1.54) is 0 Å². The molecule has 5 nitrogen and oxygen atoms in total. The van der Waals surface area contributed by atoms with Gasteiger partial charge in [0.15, 0.2) is 0 Å². The predicted octanol–water partition coefficient (Wildman–Crippen LogP) is 1.88. The van der Waals surface area contributed by atoms with Gasteiger partial charge in [0.2, 0.25) is 0 Å². The Bertz CT molecular complexity index is 394. The molecule has 0 atom stereocenters. The largest absolute Gasteiger partial charge is 0.388 e. The number of nitrogens with two attached hydrogens (primary N) is 1. The molecule has 0 fully saturated rings. The molecule has 1 rings (SSSR count). The predicted molar refractivity (Wildman–Crippen MR) is 75.1 cm³/mol. The van der Waals surface area contributed by atoms with E-state index in [0.29, 0.717) is 12.3 Å². The summed E-state index contributed by atoms with van der Waals surface area (Å²) in [4.78, 5) is 10.9. The molecule has 0 bridgehead atoms. The maximum atomic E-state index is 7.34. The summed E-state index contributed by atoms with van der Waals surface area (Å²) in [6.07, 6.45) is 0.564. The third-order valence-corrected chi connectivity index (χ3v) is 2.51. The van der Waals surface area contributed by atoms with Crippen molar-refractivity contribution in [1.82, 2.24) is 9.97 Å². The van der Waals surface area contributed by atoms with E-state index in [9.17, 15) is 0 Å². The summed E-state index contributed by atoms with van der Waals surface area (Å²) in [6, 6.07) is 1.98. The molecule has 1 aromatic heterocycles. The molecule has 18 heavy (non-hydrogen) atoms. The van der Waals surface area contributed by atoms with Gasteiger partial charge >= 0.3 is 0 Å². The summed E-state index contributed by atoms with van der Waals surface area (Å²) < 4.78 is 0. The van der Waals surface area contributed by atoms with Gasteiger partial charge in [0, 0.05) is 31.3 Å². The Balaban J connectivity index is 2.89. The Kier molecular flexibility index (Phi) is 5.07. The number of rotatable bonds is 6. The lowest BCUT2D eigenvalue weighted by Crippen LogP contribution is -2.32. The first-order valence-corrected chi connectivity index (χ1v) is 6.28. The molecule has 1 heterocycles. The zero-order valence-electron chi connectivity index (χ0n) is 11.7. The molecule has 0 spiro atoms. The van der Waals surface area contributed by atoms with E-state index in [0.717, 1.165) is 30.4 Å². The van der Waals surface area contributed by atoms with Crippen molar-refractivity contribution in [3.05, 3.63) is 17.6 Å². The summed E-state index contributed by atoms with van der Waals surface area (Å²) >= 11 is 0. The van der Waals surface area contributed by atoms with E-state index in [4.69, 9.17) is 11.1 Å². The third kappa shape index (κ3) is 4.69. The Morgan fingerprint density at radius 2 is 2.06 bits per heavy atom. The van der Waals surface area contributed by atoms with E-state index in [1.54, 1.807) is 0 Å². The number of nitrogens with one attached hydrogen (secondary N) is 1. The van der Waals surface area contributed by atoms with Crippen molar-refractivity contribution in [3.63, 3.8) is 0 Å². The van der Waals surface area contributed by atoms with Crippen molar-refractivity contribution in [2.75, 3.05) is 18.0 Å². The summed E-state index contributed by atoms with van der Waals surface area (Å²) in [5.74, 6) is 2.45. The quantitative estimate of drug-likeness (QED) is 0.596. The lowest BCUT2D eigenvalue weighted by Gasteiger charge is -2.25. The first-order valence-electron chi connectivity index (χ1n) is 6.28. The van der Waals surface area contributed by atoms with Crippen molar-refractivity contribution in [3.8, 4) is 0 Å². The van der Waals surface area contributed by atoms with Gasteiger partial charge in [0.1, 0.15) is 11.6 Å². The normalized spacial score (nSPS) is 10.7. The maximum absolute atomic E-state index is 7.34. The number of hydrogen-bond acceptors (Lipinski definition) is 4. The number of aromatic nitrogens is 2. The van der Waals surface area contributed by atoms with E-state index in [2.05, 4.69) is 28.7 Å². The summed E-state index contributed by atoms with van der Waals surface area (Å²) in [5, 5.41) is 7.34. The molecule has 0 aliphatic heterocycles. The van der Waals surface area contributed by atoms with Crippen molar-refractivity contribution in [1.29, 1.82) is 5.41 Å². The number of anilines is 1. The van der Waals surface area contributed by atoms with Gasteiger partial charge in [-0.2, -0.15) is 0 Å². The summed E-state index contributed by atoms with van der Waals surface area (Å²) in [5.41, 5.74) is 6.40. The number of amidine groups is 1. The lowest BCUT2D eigenvalue weighted by atomic mass is 10.2. The Labute approximate surface area is 109 Å². The molecule has 0 aromatic carbocycles. The van der Waals surface area contributed by atoms with Gasteiger partial charge in [-0.3, -0.25) is 5.41 Å². The minimum absolute atomic E-state index is 0.214. The fourth-order valence-corrected chi connectivity index (χ4v) is 1.85. The fourth-order valence-electron chi connectivity index (χ4n) is 1.85. The molecule has 0 aliphatic carbocycles. The fraction of sp³-hybridized carbons (Fsp3) is 0.615. The van der Waals surface area contributed by atoms with Crippen LogP contribution in [-0.4, -0.2) is 28.9 Å². The zero-order valence-corrected chi connectivity index (χ0v) is 11.7. The van der Waals surface area contributed by atoms with Crippen molar-refractivity contribution in [2.24, 2.45) is 11.7 Å². The van der Waals surface area contributed by atoms with Crippen LogP contribution in [0.1, 0.15) is 31.8 Å². The van der Waals surface area contributed by atoms with Crippen LogP contribution in [0.25, 0.3) is 0 Å². The minimum atomic E-state index is 0.214. The number of aryl methyl sites for hydroxylation is 2. The van der Waals surface area contributed by atoms with Crippen molar-refractivity contribution < 1.29 is 0 Å². The van der Waals surface area contributed by atoms with E-state index in [1.807, 2.05) is 19.9 Å². The highest BCUT2D eigenvalue weighted by atomic mass is 15.2. The maximum Gasteiger partial charge on any atom is 0.132 e. The minimum Gasteiger partial charge on any atom is -0.388 e. The average molecular weight is 249 g/mol. The Morgan fingerprint density at radius 1 is 1.39 bits per heavy atom. The molecule has 3 N–H and O–H groups in total. The van der Waals surface area contributed by atoms with Gasteiger partial charge in [-0.25, -0.2) is 9.97 Å². The van der Waals surface area contributed by atoms with Gasteiger partial charge in [-0.1, -0.05) is 13.8 Å². The standard InChI is InChI=1S/C13H23N5/c1-9(2)8-18(6-5-12(14)15)13-7-10(3)16-11(4)17-13/h7,9H,5-6,8H2,1-4H3,(H3,14,15). The number of hydrogen-bond donors (Lipinski definition) is 2. The van der Waals surface area contributed by atoms with Gasteiger partial charge in [-0.05, 0) is 19.8 Å². The molecule has 1 aromatic rings. The van der Waals surface area contributed by atoms with Gasteiger partial charge in [0.25, 0.3) is 0 Å². The lowest BCUT2D eigenvalue weighted by molar-refractivity contribution is 0.607. The van der Waals surface area contributed by atoms with Gasteiger partial charge in [0.05, 0.1) is 5.84 Å². The van der Waals surface area contributed by atoms with E-state index < -0.39 is 0 Å². The molecular formula is C13H23N5. The van der Waals surface area contributed by atoms with Crippen LogP contribution in [-0.2, 0) is 0 Å². The average Bonchev–Trinajstić information content (AvgIpc) is 2.22. The van der Waals surface area contributed by atoms with Crippen LogP contribution in [0.5, 0.6) is 0 Å². The first-order chi connectivity index (χ1) is 8.38. The second kappa shape index (κ2) is 6.33. The van der Waals surface area contributed by atoms with Crippen LogP contribution in [0.4, 0.5) is 5.82 Å². The van der Waals surface area contributed by atoms with Crippen LogP contribution in [0.15, 0.2) is 6.07 Å². The van der Waals surface area contributed by atoms with Crippen LogP contribution in [0.2, 0.25) is 0 Å². The SMILES string of the molecule is Cc1cc(N(CCC(=N)N)CC(C)C)nc(C)n1. The topological polar surface area (TPSA) is 78.9 Å². The highest BCUT2D eigenvalue weighted by Crippen LogP contribution is 2.14. The molecule has 100 valence electrons. The first kappa shape index (κ1) is 14.4. The van der Waals surface area contributed by atoms with E-state index in [-0.39, 0.29) is 5.84 Å². The molecule has 0 saturated carbocycles. The highest BCUT2D eigenvalue weighted by Gasteiger charge is 2.11. The molecule has 0 radical (unpaired) electrons. The van der Waals surface area contributed by atoms with Gasteiger partial charge in [-0.15, -0.1) is 0 Å². The third-order valence-electron chi connectivity index (χ3n) is 2.51. The monoisotopic (exact) mass is 249 g/mol. The smallest absolute Gasteiger partial charge is 0.132 e.